The van der Waals surface area contributed by atoms with E-state index in [1.54, 1.807) is 12.1 Å². The third-order valence-electron chi connectivity index (χ3n) is 5.58. The van der Waals surface area contributed by atoms with Gasteiger partial charge in [-0.1, -0.05) is 24.3 Å². The van der Waals surface area contributed by atoms with Crippen LogP contribution in [0.3, 0.4) is 0 Å². The molecule has 2 aromatic carbocycles. The lowest BCUT2D eigenvalue weighted by molar-refractivity contribution is 0.183. The minimum absolute atomic E-state index is 0. The fraction of sp³-hybridized carbons (Fsp3) is 0.478. The third kappa shape index (κ3) is 8.46. The maximum atomic E-state index is 11.6. The van der Waals surface area contributed by atoms with Gasteiger partial charge in [0.1, 0.15) is 0 Å². The standard InChI is InChI=1S/C23H32N2O2S.2ClH/c1-19-5-3-6-22(17-19)24-13-4-14-25-15-11-21(12-16-25)18-20-7-9-23(10-8-20)28(2,26)27;;/h3,5-10,17,21,24H,4,11-16,18H2,1-2H3;2*1H. The van der Waals surface area contributed by atoms with Gasteiger partial charge in [0.2, 0.25) is 0 Å². The number of rotatable bonds is 8. The Bertz CT molecular complexity index is 865. The molecule has 0 atom stereocenters. The zero-order valence-corrected chi connectivity index (χ0v) is 20.3. The van der Waals surface area contributed by atoms with Crippen molar-refractivity contribution in [1.82, 2.24) is 4.90 Å². The van der Waals surface area contributed by atoms with E-state index in [0.717, 1.165) is 39.0 Å². The summed E-state index contributed by atoms with van der Waals surface area (Å²) in [6.07, 6.45) is 5.91. The van der Waals surface area contributed by atoms with Gasteiger partial charge in [0.15, 0.2) is 9.84 Å². The highest BCUT2D eigenvalue weighted by Gasteiger charge is 2.19. The Balaban J connectivity index is 0.00000225. The van der Waals surface area contributed by atoms with E-state index in [1.807, 2.05) is 12.1 Å². The predicted octanol–water partition coefficient (Wildman–Crippen LogP) is 5.00. The largest absolute Gasteiger partial charge is 0.385 e. The number of nitrogens with zero attached hydrogens (tertiary/aromatic N) is 1. The molecule has 0 saturated carbocycles. The van der Waals surface area contributed by atoms with Gasteiger partial charge in [0.05, 0.1) is 4.90 Å². The Labute approximate surface area is 194 Å². The monoisotopic (exact) mass is 472 g/mol. The van der Waals surface area contributed by atoms with Crippen molar-refractivity contribution < 1.29 is 8.42 Å². The first-order valence-electron chi connectivity index (χ1n) is 10.2. The summed E-state index contributed by atoms with van der Waals surface area (Å²) in [6.45, 7) is 6.60. The number of sulfone groups is 1. The lowest BCUT2D eigenvalue weighted by Gasteiger charge is -2.32. The normalized spacial score (nSPS) is 15.1. The number of piperidine rings is 1. The van der Waals surface area contributed by atoms with E-state index in [2.05, 4.69) is 41.4 Å². The van der Waals surface area contributed by atoms with Gasteiger partial charge in [-0.2, -0.15) is 0 Å². The molecule has 0 unspecified atom stereocenters. The summed E-state index contributed by atoms with van der Waals surface area (Å²) in [6, 6.07) is 15.9. The molecule has 3 rings (SSSR count). The van der Waals surface area contributed by atoms with Crippen LogP contribution < -0.4 is 5.32 Å². The molecule has 2 aromatic rings. The summed E-state index contributed by atoms with van der Waals surface area (Å²) in [4.78, 5) is 2.98. The first-order valence-corrected chi connectivity index (χ1v) is 12.1. The quantitative estimate of drug-likeness (QED) is 0.549. The number of hydrogen-bond donors (Lipinski definition) is 1. The van der Waals surface area contributed by atoms with Crippen molar-refractivity contribution in [3.8, 4) is 0 Å². The Morgan fingerprint density at radius 1 is 1.03 bits per heavy atom. The van der Waals surface area contributed by atoms with Crippen molar-refractivity contribution >= 4 is 40.3 Å². The van der Waals surface area contributed by atoms with Crippen LogP contribution in [-0.2, 0) is 16.3 Å². The van der Waals surface area contributed by atoms with E-state index < -0.39 is 9.84 Å². The molecule has 0 bridgehead atoms. The second-order valence-corrected chi connectivity index (χ2v) is 10.1. The van der Waals surface area contributed by atoms with E-state index in [-0.39, 0.29) is 24.8 Å². The minimum atomic E-state index is -3.10. The Kier molecular flexibility index (Phi) is 11.2. The van der Waals surface area contributed by atoms with Crippen molar-refractivity contribution in [2.75, 3.05) is 37.8 Å². The molecule has 0 amide bonds. The van der Waals surface area contributed by atoms with Crippen LogP contribution in [0.25, 0.3) is 0 Å². The van der Waals surface area contributed by atoms with E-state index in [1.165, 1.54) is 35.9 Å². The number of halogens is 2. The van der Waals surface area contributed by atoms with E-state index in [4.69, 9.17) is 0 Å². The summed E-state index contributed by atoms with van der Waals surface area (Å²) in [5, 5.41) is 3.51. The van der Waals surface area contributed by atoms with E-state index in [9.17, 15) is 8.42 Å². The van der Waals surface area contributed by atoms with Gasteiger partial charge >= 0.3 is 0 Å². The molecule has 7 heteroatoms. The van der Waals surface area contributed by atoms with Crippen molar-refractivity contribution in [1.29, 1.82) is 0 Å². The molecule has 1 saturated heterocycles. The molecule has 30 heavy (non-hydrogen) atoms. The summed E-state index contributed by atoms with van der Waals surface area (Å²) >= 11 is 0. The molecule has 168 valence electrons. The van der Waals surface area contributed by atoms with Crippen LogP contribution in [0.2, 0.25) is 0 Å². The van der Waals surface area contributed by atoms with E-state index in [0.29, 0.717) is 10.8 Å². The maximum absolute atomic E-state index is 11.6. The molecule has 0 spiro atoms. The number of benzene rings is 2. The van der Waals surface area contributed by atoms with Crippen LogP contribution >= 0.6 is 24.8 Å². The minimum Gasteiger partial charge on any atom is -0.385 e. The molecule has 1 heterocycles. The zero-order valence-electron chi connectivity index (χ0n) is 17.8. The third-order valence-corrected chi connectivity index (χ3v) is 6.71. The Hall–Kier alpha value is -1.27. The highest BCUT2D eigenvalue weighted by Crippen LogP contribution is 2.22. The number of hydrogen-bond acceptors (Lipinski definition) is 4. The van der Waals surface area contributed by atoms with Gasteiger partial charge < -0.3 is 10.2 Å². The van der Waals surface area contributed by atoms with Crippen LogP contribution in [0.4, 0.5) is 5.69 Å². The fourth-order valence-corrected chi connectivity index (χ4v) is 4.54. The van der Waals surface area contributed by atoms with Gasteiger partial charge in [-0.15, -0.1) is 24.8 Å². The topological polar surface area (TPSA) is 49.4 Å². The van der Waals surface area contributed by atoms with Crippen LogP contribution in [-0.4, -0.2) is 45.8 Å². The first-order chi connectivity index (χ1) is 13.4. The molecule has 1 aliphatic rings. The molecular weight excluding hydrogens is 439 g/mol. The average molecular weight is 474 g/mol. The highest BCUT2D eigenvalue weighted by atomic mass is 35.5. The second kappa shape index (κ2) is 12.6. The second-order valence-electron chi connectivity index (χ2n) is 8.06. The number of nitrogens with one attached hydrogen (secondary N) is 1. The molecule has 4 nitrogen and oxygen atoms in total. The summed E-state index contributed by atoms with van der Waals surface area (Å²) in [5.41, 5.74) is 3.74. The van der Waals surface area contributed by atoms with Crippen LogP contribution in [0.15, 0.2) is 53.4 Å². The Morgan fingerprint density at radius 2 is 1.70 bits per heavy atom. The van der Waals surface area contributed by atoms with Gasteiger partial charge in [0, 0.05) is 18.5 Å². The highest BCUT2D eigenvalue weighted by molar-refractivity contribution is 7.90. The van der Waals surface area contributed by atoms with Crippen molar-refractivity contribution in [2.45, 2.75) is 37.5 Å². The zero-order chi connectivity index (χ0) is 20.0. The van der Waals surface area contributed by atoms with E-state index >= 15 is 0 Å². The van der Waals surface area contributed by atoms with Gasteiger partial charge in [-0.25, -0.2) is 8.42 Å². The molecule has 1 N–H and O–H groups in total. The number of aryl methyl sites for hydroxylation is 1. The number of anilines is 1. The molecular formula is C23H34Cl2N2O2S. The lowest BCUT2D eigenvalue weighted by atomic mass is 9.90. The molecule has 1 fully saturated rings. The van der Waals surface area contributed by atoms with Crippen LogP contribution in [0.5, 0.6) is 0 Å². The van der Waals surface area contributed by atoms with Gasteiger partial charge in [-0.3, -0.25) is 0 Å². The van der Waals surface area contributed by atoms with Crippen LogP contribution in [0, 0.1) is 12.8 Å². The van der Waals surface area contributed by atoms with Crippen molar-refractivity contribution in [3.05, 3.63) is 59.7 Å². The molecule has 1 aliphatic heterocycles. The Morgan fingerprint density at radius 3 is 2.30 bits per heavy atom. The number of likely N-dealkylation sites (tertiary alicyclic amines) is 1. The SMILES string of the molecule is Cc1cccc(NCCCN2CCC(Cc3ccc(S(C)(=O)=O)cc3)CC2)c1.Cl.Cl. The smallest absolute Gasteiger partial charge is 0.175 e. The average Bonchev–Trinajstić information content (AvgIpc) is 2.66. The van der Waals surface area contributed by atoms with Crippen LogP contribution in [0.1, 0.15) is 30.4 Å². The first kappa shape index (κ1) is 26.8. The lowest BCUT2D eigenvalue weighted by Crippen LogP contribution is -2.35. The summed E-state index contributed by atoms with van der Waals surface area (Å²) in [7, 11) is -3.10. The maximum Gasteiger partial charge on any atom is 0.175 e. The molecule has 0 aliphatic carbocycles. The van der Waals surface area contributed by atoms with Crippen molar-refractivity contribution in [3.63, 3.8) is 0 Å². The fourth-order valence-electron chi connectivity index (χ4n) is 3.91. The van der Waals surface area contributed by atoms with Gasteiger partial charge in [-0.05, 0) is 93.6 Å². The van der Waals surface area contributed by atoms with Gasteiger partial charge in [0.25, 0.3) is 0 Å². The summed E-state index contributed by atoms with van der Waals surface area (Å²) in [5.74, 6) is 0.700. The predicted molar refractivity (Wildman–Crippen MR) is 131 cm³/mol. The van der Waals surface area contributed by atoms with Crippen molar-refractivity contribution in [2.24, 2.45) is 5.92 Å². The molecule has 0 aromatic heterocycles. The molecule has 0 radical (unpaired) electrons. The summed E-state index contributed by atoms with van der Waals surface area (Å²) < 4.78 is 23.1.